The zero-order chi connectivity index (χ0) is 22.2. The molecule has 0 atom stereocenters. The molecule has 1 aliphatic carbocycles. The summed E-state index contributed by atoms with van der Waals surface area (Å²) in [7, 11) is 0. The van der Waals surface area contributed by atoms with Crippen LogP contribution in [0, 0.1) is 5.92 Å². The van der Waals surface area contributed by atoms with Crippen LogP contribution in [-0.2, 0) is 0 Å². The highest BCUT2D eigenvalue weighted by Crippen LogP contribution is 2.32. The number of hydrogen-bond donors (Lipinski definition) is 3. The molecule has 3 N–H and O–H groups in total. The summed E-state index contributed by atoms with van der Waals surface area (Å²) in [6.07, 6.45) is 11.9. The van der Waals surface area contributed by atoms with Crippen LogP contribution >= 0.6 is 0 Å². The molecule has 0 bridgehead atoms. The molecule has 33 heavy (non-hydrogen) atoms. The van der Waals surface area contributed by atoms with Gasteiger partial charge in [-0.3, -0.25) is 15.1 Å². The van der Waals surface area contributed by atoms with E-state index < -0.39 is 0 Å². The van der Waals surface area contributed by atoms with E-state index in [-0.39, 0.29) is 0 Å². The van der Waals surface area contributed by atoms with Crippen LogP contribution in [0.1, 0.15) is 32.1 Å². The van der Waals surface area contributed by atoms with E-state index >= 15 is 0 Å². The molecule has 0 saturated heterocycles. The Hall–Kier alpha value is -3.93. The second-order valence-electron chi connectivity index (χ2n) is 8.91. The molecular formula is C27H26N6. The molecular weight excluding hydrogens is 408 g/mol. The lowest BCUT2D eigenvalue weighted by molar-refractivity contribution is 0.405. The molecule has 0 radical (unpaired) electrons. The third-order valence-corrected chi connectivity index (χ3v) is 6.67. The molecule has 4 heterocycles. The van der Waals surface area contributed by atoms with Gasteiger partial charge in [0.15, 0.2) is 0 Å². The highest BCUT2D eigenvalue weighted by atomic mass is 15.1. The van der Waals surface area contributed by atoms with Crippen molar-refractivity contribution in [2.45, 2.75) is 32.1 Å². The Morgan fingerprint density at radius 1 is 0.970 bits per heavy atom. The Bertz CT molecular complexity index is 1420. The van der Waals surface area contributed by atoms with Gasteiger partial charge in [-0.15, -0.1) is 0 Å². The number of anilines is 1. The average Bonchev–Trinajstić information content (AvgIpc) is 3.48. The second kappa shape index (κ2) is 8.20. The average molecular weight is 435 g/mol. The van der Waals surface area contributed by atoms with Crippen molar-refractivity contribution >= 4 is 27.5 Å². The molecule has 0 spiro atoms. The Morgan fingerprint density at radius 2 is 1.85 bits per heavy atom. The number of aromatic nitrogens is 5. The Labute approximate surface area is 192 Å². The maximum absolute atomic E-state index is 4.67. The molecule has 6 rings (SSSR count). The number of nitrogens with one attached hydrogen (secondary N) is 3. The number of nitrogens with zero attached hydrogens (tertiary/aromatic N) is 3. The summed E-state index contributed by atoms with van der Waals surface area (Å²) in [5.41, 5.74) is 7.73. The fraction of sp³-hybridized carbons (Fsp3) is 0.222. The van der Waals surface area contributed by atoms with Crippen molar-refractivity contribution in [1.29, 1.82) is 0 Å². The van der Waals surface area contributed by atoms with Crippen LogP contribution in [-0.4, -0.2) is 25.1 Å². The molecule has 4 aromatic heterocycles. The fourth-order valence-electron chi connectivity index (χ4n) is 4.87. The normalized spacial score (nSPS) is 14.7. The van der Waals surface area contributed by atoms with E-state index in [1.165, 1.54) is 37.5 Å². The number of hydrogen-bond acceptors (Lipinski definition) is 4. The van der Waals surface area contributed by atoms with Gasteiger partial charge in [-0.25, -0.2) is 0 Å². The summed E-state index contributed by atoms with van der Waals surface area (Å²) in [5.74, 6) is 0.543. The quantitative estimate of drug-likeness (QED) is 0.288. The SMILES string of the molecule is C=C(Nc1cncc(-c2cc3c(-c4cc5ccccc5[nH]4)n[nH]c3cn2)c1)C1CCCCC1. The first-order valence-corrected chi connectivity index (χ1v) is 11.6. The van der Waals surface area contributed by atoms with Crippen LogP contribution in [0.25, 0.3) is 44.5 Å². The Balaban J connectivity index is 1.32. The van der Waals surface area contributed by atoms with E-state index in [9.17, 15) is 0 Å². The number of aromatic amines is 2. The fourth-order valence-corrected chi connectivity index (χ4v) is 4.87. The lowest BCUT2D eigenvalue weighted by Gasteiger charge is -2.24. The predicted octanol–water partition coefficient (Wildman–Crippen LogP) is 6.67. The van der Waals surface area contributed by atoms with Crippen molar-refractivity contribution in [3.8, 4) is 22.6 Å². The maximum atomic E-state index is 4.67. The monoisotopic (exact) mass is 434 g/mol. The molecule has 1 aromatic carbocycles. The second-order valence-corrected chi connectivity index (χ2v) is 8.91. The standard InChI is InChI=1S/C27H26N6/c1-17(18-7-3-2-4-8-18)30-21-11-20(14-28-15-21)24-13-22-26(16-29-24)32-33-27(22)25-12-19-9-5-6-10-23(19)31-25/h5-6,9-16,18,30-31H,1-4,7-8H2,(H,32,33). The smallest absolute Gasteiger partial charge is 0.116 e. The van der Waals surface area contributed by atoms with Gasteiger partial charge in [-0.05, 0) is 43.0 Å². The van der Waals surface area contributed by atoms with Crippen molar-refractivity contribution in [2.24, 2.45) is 5.92 Å². The largest absolute Gasteiger partial charge is 0.358 e. The lowest BCUT2D eigenvalue weighted by atomic mass is 9.87. The predicted molar refractivity (Wildman–Crippen MR) is 134 cm³/mol. The van der Waals surface area contributed by atoms with E-state index in [1.807, 2.05) is 30.7 Å². The Kier molecular flexibility index (Phi) is 4.91. The number of rotatable bonds is 5. The van der Waals surface area contributed by atoms with E-state index in [1.54, 1.807) is 0 Å². The van der Waals surface area contributed by atoms with Crippen LogP contribution < -0.4 is 5.32 Å². The third-order valence-electron chi connectivity index (χ3n) is 6.67. The van der Waals surface area contributed by atoms with E-state index in [2.05, 4.69) is 67.4 Å². The summed E-state index contributed by atoms with van der Waals surface area (Å²) >= 11 is 0. The number of benzene rings is 1. The van der Waals surface area contributed by atoms with Gasteiger partial charge in [-0.1, -0.05) is 44.0 Å². The maximum Gasteiger partial charge on any atom is 0.116 e. The van der Waals surface area contributed by atoms with Crippen LogP contribution in [0.3, 0.4) is 0 Å². The van der Waals surface area contributed by atoms with Crippen molar-refractivity contribution in [3.05, 3.63) is 73.3 Å². The molecule has 0 amide bonds. The summed E-state index contributed by atoms with van der Waals surface area (Å²) in [4.78, 5) is 12.6. The first-order valence-electron chi connectivity index (χ1n) is 11.6. The van der Waals surface area contributed by atoms with Gasteiger partial charge in [0.05, 0.1) is 35.0 Å². The van der Waals surface area contributed by atoms with Gasteiger partial charge >= 0.3 is 0 Å². The van der Waals surface area contributed by atoms with Crippen LogP contribution in [0.5, 0.6) is 0 Å². The van der Waals surface area contributed by atoms with Gasteiger partial charge in [-0.2, -0.15) is 5.10 Å². The van der Waals surface area contributed by atoms with Crippen LogP contribution in [0.15, 0.2) is 73.3 Å². The van der Waals surface area contributed by atoms with Gasteiger partial charge in [0.25, 0.3) is 0 Å². The number of H-pyrrole nitrogens is 2. The zero-order valence-electron chi connectivity index (χ0n) is 18.4. The molecule has 164 valence electrons. The number of allylic oxidation sites excluding steroid dienone is 1. The van der Waals surface area contributed by atoms with Crippen LogP contribution in [0.2, 0.25) is 0 Å². The molecule has 6 nitrogen and oxygen atoms in total. The minimum Gasteiger partial charge on any atom is -0.358 e. The molecule has 6 heteroatoms. The number of pyridine rings is 2. The summed E-state index contributed by atoms with van der Waals surface area (Å²) < 4.78 is 0. The molecule has 1 saturated carbocycles. The van der Waals surface area contributed by atoms with Crippen molar-refractivity contribution in [2.75, 3.05) is 5.32 Å². The van der Waals surface area contributed by atoms with E-state index in [0.29, 0.717) is 5.92 Å². The Morgan fingerprint density at radius 3 is 2.73 bits per heavy atom. The highest BCUT2D eigenvalue weighted by molar-refractivity contribution is 5.96. The molecule has 1 aliphatic rings. The van der Waals surface area contributed by atoms with Gasteiger partial charge in [0, 0.05) is 33.7 Å². The first-order chi connectivity index (χ1) is 16.2. The van der Waals surface area contributed by atoms with Crippen molar-refractivity contribution in [1.82, 2.24) is 25.1 Å². The highest BCUT2D eigenvalue weighted by Gasteiger charge is 2.17. The van der Waals surface area contributed by atoms with Crippen molar-refractivity contribution in [3.63, 3.8) is 0 Å². The molecule has 0 aliphatic heterocycles. The first kappa shape index (κ1) is 19.7. The summed E-state index contributed by atoms with van der Waals surface area (Å²) in [5, 5.41) is 13.4. The summed E-state index contributed by atoms with van der Waals surface area (Å²) in [6.45, 7) is 4.30. The molecule has 5 aromatic rings. The van der Waals surface area contributed by atoms with Gasteiger partial charge in [0.1, 0.15) is 5.69 Å². The lowest BCUT2D eigenvalue weighted by Crippen LogP contribution is -2.14. The molecule has 1 fully saturated rings. The minimum absolute atomic E-state index is 0.543. The van der Waals surface area contributed by atoms with E-state index in [4.69, 9.17) is 0 Å². The van der Waals surface area contributed by atoms with Gasteiger partial charge < -0.3 is 10.3 Å². The minimum atomic E-state index is 0.543. The summed E-state index contributed by atoms with van der Waals surface area (Å²) in [6, 6.07) is 14.6. The van der Waals surface area contributed by atoms with E-state index in [0.717, 1.165) is 50.4 Å². The zero-order valence-corrected chi connectivity index (χ0v) is 18.4. The third kappa shape index (κ3) is 3.78. The molecule has 0 unspecified atom stereocenters. The van der Waals surface area contributed by atoms with Gasteiger partial charge in [0.2, 0.25) is 0 Å². The van der Waals surface area contributed by atoms with Crippen LogP contribution in [0.4, 0.5) is 5.69 Å². The topological polar surface area (TPSA) is 82.3 Å². The number of fused-ring (bicyclic) bond motifs is 2. The number of para-hydroxylation sites is 1. The van der Waals surface area contributed by atoms with Crippen molar-refractivity contribution < 1.29 is 0 Å².